The van der Waals surface area contributed by atoms with Gasteiger partial charge in [-0.2, -0.15) is 0 Å². The Labute approximate surface area is 206 Å². The number of carbonyl (C=O) groups excluding carboxylic acids is 1. The van der Waals surface area contributed by atoms with Crippen LogP contribution in [0.4, 0.5) is 5.69 Å². The minimum absolute atomic E-state index is 0.0950. The molecular formula is C27H33ClN2O4. The minimum atomic E-state index is -1.00. The molecule has 0 unspecified atom stereocenters. The number of ether oxygens (including phenoxy) is 1. The summed E-state index contributed by atoms with van der Waals surface area (Å²) in [6, 6.07) is 11.5. The number of carbonyl (C=O) groups is 2. The van der Waals surface area contributed by atoms with Crippen molar-refractivity contribution in [2.45, 2.75) is 57.5 Å². The Balaban J connectivity index is 1.70. The number of carboxylic acid groups (broad SMARTS) is 1. The van der Waals surface area contributed by atoms with Gasteiger partial charge in [0.15, 0.2) is 0 Å². The van der Waals surface area contributed by atoms with E-state index in [4.69, 9.17) is 16.3 Å². The molecule has 4 rings (SSSR count). The van der Waals surface area contributed by atoms with Crippen molar-refractivity contribution in [1.29, 1.82) is 0 Å². The molecule has 0 bridgehead atoms. The number of hydrogen-bond donors (Lipinski definition) is 2. The average molecular weight is 485 g/mol. The first-order valence-electron chi connectivity index (χ1n) is 12.2. The zero-order valence-electron chi connectivity index (χ0n) is 19.7. The molecule has 34 heavy (non-hydrogen) atoms. The fraction of sp³-hybridized carbons (Fsp3) is 0.481. The summed E-state index contributed by atoms with van der Waals surface area (Å²) in [7, 11) is 1.52. The molecule has 2 N–H and O–H groups in total. The largest absolute Gasteiger partial charge is 0.487 e. The summed E-state index contributed by atoms with van der Waals surface area (Å²) in [4.78, 5) is 26.4. The first kappa shape index (κ1) is 24.4. The quantitative estimate of drug-likeness (QED) is 0.591. The van der Waals surface area contributed by atoms with Gasteiger partial charge in [-0.25, -0.2) is 0 Å². The number of aliphatic carboxylic acids is 1. The van der Waals surface area contributed by atoms with Crippen molar-refractivity contribution < 1.29 is 19.4 Å². The maximum Gasteiger partial charge on any atom is 0.311 e. The van der Waals surface area contributed by atoms with E-state index in [1.807, 2.05) is 30.3 Å². The lowest BCUT2D eigenvalue weighted by molar-refractivity contribution is -0.140. The van der Waals surface area contributed by atoms with E-state index in [9.17, 15) is 14.7 Å². The molecule has 182 valence electrons. The standard InChI is InChI=1S/C27H33ClN2O4/c1-29-26(31)15-23(27(32)33)20-9-11-25-24(14-20)30(16-18-5-4-6-18)12-3-2-7-19-13-22(28)10-8-21(19)17-34-25/h8-11,13-14,18,23H,2-7,12,15-17H2,1H3,(H,29,31)(H,32,33)/t23-/m0/s1. The topological polar surface area (TPSA) is 78.9 Å². The van der Waals surface area contributed by atoms with Crippen LogP contribution in [0.1, 0.15) is 61.1 Å². The van der Waals surface area contributed by atoms with Crippen LogP contribution in [0.15, 0.2) is 36.4 Å². The van der Waals surface area contributed by atoms with E-state index in [-0.39, 0.29) is 12.3 Å². The first-order valence-corrected chi connectivity index (χ1v) is 12.5. The van der Waals surface area contributed by atoms with E-state index in [0.717, 1.165) is 54.4 Å². The lowest BCUT2D eigenvalue weighted by Gasteiger charge is -2.35. The van der Waals surface area contributed by atoms with E-state index >= 15 is 0 Å². The van der Waals surface area contributed by atoms with Crippen molar-refractivity contribution >= 4 is 29.2 Å². The Morgan fingerprint density at radius 1 is 1.15 bits per heavy atom. The Hall–Kier alpha value is -2.73. The number of anilines is 1. The highest BCUT2D eigenvalue weighted by Gasteiger charge is 2.27. The van der Waals surface area contributed by atoms with Crippen LogP contribution >= 0.6 is 11.6 Å². The molecule has 0 spiro atoms. The van der Waals surface area contributed by atoms with E-state index in [0.29, 0.717) is 18.1 Å². The molecule has 0 saturated heterocycles. The predicted octanol–water partition coefficient (Wildman–Crippen LogP) is 5.17. The summed E-state index contributed by atoms with van der Waals surface area (Å²) in [5.41, 5.74) is 3.88. The van der Waals surface area contributed by atoms with Crippen LogP contribution in [0, 0.1) is 5.92 Å². The molecule has 1 amide bonds. The minimum Gasteiger partial charge on any atom is -0.487 e. The smallest absolute Gasteiger partial charge is 0.311 e. The number of benzene rings is 2. The fourth-order valence-corrected chi connectivity index (χ4v) is 4.99. The zero-order valence-corrected chi connectivity index (χ0v) is 20.4. The molecule has 1 saturated carbocycles. The van der Waals surface area contributed by atoms with Crippen molar-refractivity contribution in [3.8, 4) is 5.75 Å². The third-order valence-corrected chi connectivity index (χ3v) is 7.31. The molecule has 1 atom stereocenters. The lowest BCUT2D eigenvalue weighted by Crippen LogP contribution is -2.34. The molecule has 0 radical (unpaired) electrons. The van der Waals surface area contributed by atoms with Gasteiger partial charge in [0.2, 0.25) is 5.91 Å². The second kappa shape index (κ2) is 11.1. The van der Waals surface area contributed by atoms with Gasteiger partial charge in [-0.1, -0.05) is 30.2 Å². The van der Waals surface area contributed by atoms with Crippen LogP contribution in [0.25, 0.3) is 0 Å². The van der Waals surface area contributed by atoms with Crippen LogP contribution in [0.2, 0.25) is 5.02 Å². The number of rotatable bonds is 6. The molecule has 6 nitrogen and oxygen atoms in total. The van der Waals surface area contributed by atoms with E-state index in [1.54, 1.807) is 6.07 Å². The van der Waals surface area contributed by atoms with Gasteiger partial charge in [0.25, 0.3) is 0 Å². The normalized spacial score (nSPS) is 17.3. The van der Waals surface area contributed by atoms with Crippen molar-refractivity contribution in [2.24, 2.45) is 5.92 Å². The Kier molecular flexibility index (Phi) is 7.99. The van der Waals surface area contributed by atoms with Gasteiger partial charge in [-0.15, -0.1) is 0 Å². The molecule has 0 aromatic heterocycles. The number of amides is 1. The van der Waals surface area contributed by atoms with Crippen molar-refractivity contribution in [3.63, 3.8) is 0 Å². The molecule has 1 heterocycles. The third-order valence-electron chi connectivity index (χ3n) is 7.07. The summed E-state index contributed by atoms with van der Waals surface area (Å²) in [6.07, 6.45) is 6.63. The van der Waals surface area contributed by atoms with E-state index in [2.05, 4.69) is 10.2 Å². The highest BCUT2D eigenvalue weighted by Crippen LogP contribution is 2.37. The molecule has 2 aromatic rings. The van der Waals surface area contributed by atoms with Gasteiger partial charge in [0, 0.05) is 31.6 Å². The highest BCUT2D eigenvalue weighted by atomic mass is 35.5. The predicted molar refractivity (Wildman–Crippen MR) is 134 cm³/mol. The molecule has 1 fully saturated rings. The summed E-state index contributed by atoms with van der Waals surface area (Å²) in [6.45, 7) is 2.24. The SMILES string of the molecule is CNC(=O)C[C@H](C(=O)O)c1ccc2c(c1)N(CC1CCC1)CCCCc1cc(Cl)ccc1CO2. The number of nitrogens with one attached hydrogen (secondary N) is 1. The second-order valence-electron chi connectivity index (χ2n) is 9.40. The zero-order chi connectivity index (χ0) is 24.1. The average Bonchev–Trinajstić information content (AvgIpc) is 2.82. The van der Waals surface area contributed by atoms with Crippen LogP contribution in [0.5, 0.6) is 5.75 Å². The van der Waals surface area contributed by atoms with Gasteiger partial charge >= 0.3 is 5.97 Å². The molecule has 1 aliphatic heterocycles. The number of carboxylic acids is 1. The van der Waals surface area contributed by atoms with Gasteiger partial charge < -0.3 is 20.1 Å². The Morgan fingerprint density at radius 2 is 1.97 bits per heavy atom. The number of nitrogens with zero attached hydrogens (tertiary/aromatic N) is 1. The van der Waals surface area contributed by atoms with E-state index in [1.165, 1.54) is 31.9 Å². The van der Waals surface area contributed by atoms with E-state index < -0.39 is 11.9 Å². The second-order valence-corrected chi connectivity index (χ2v) is 9.83. The van der Waals surface area contributed by atoms with Crippen LogP contribution in [0.3, 0.4) is 0 Å². The van der Waals surface area contributed by atoms with Gasteiger partial charge in [0.05, 0.1) is 11.6 Å². The first-order chi connectivity index (χ1) is 16.4. The molecule has 7 heteroatoms. The number of aryl methyl sites for hydroxylation is 1. The van der Waals surface area contributed by atoms with Crippen LogP contribution < -0.4 is 15.0 Å². The van der Waals surface area contributed by atoms with Crippen molar-refractivity contribution in [2.75, 3.05) is 25.0 Å². The van der Waals surface area contributed by atoms with Gasteiger partial charge in [-0.3, -0.25) is 9.59 Å². The molecule has 1 aliphatic carbocycles. The third kappa shape index (κ3) is 5.84. The van der Waals surface area contributed by atoms with Crippen molar-refractivity contribution in [1.82, 2.24) is 5.32 Å². The lowest BCUT2D eigenvalue weighted by atomic mass is 9.85. The monoisotopic (exact) mass is 484 g/mol. The molecular weight excluding hydrogens is 452 g/mol. The number of fused-ring (bicyclic) bond motifs is 2. The van der Waals surface area contributed by atoms with Crippen molar-refractivity contribution in [3.05, 3.63) is 58.1 Å². The van der Waals surface area contributed by atoms with Crippen LogP contribution in [-0.2, 0) is 22.6 Å². The summed E-state index contributed by atoms with van der Waals surface area (Å²) < 4.78 is 6.34. The van der Waals surface area contributed by atoms with Gasteiger partial charge in [0.1, 0.15) is 12.4 Å². The summed E-state index contributed by atoms with van der Waals surface area (Å²) >= 11 is 6.25. The molecule has 2 aromatic carbocycles. The fourth-order valence-electron chi connectivity index (χ4n) is 4.79. The highest BCUT2D eigenvalue weighted by molar-refractivity contribution is 6.30. The number of halogens is 1. The van der Waals surface area contributed by atoms with Crippen LogP contribution in [-0.4, -0.2) is 37.1 Å². The maximum absolute atomic E-state index is 12.0. The maximum atomic E-state index is 12.0. The number of hydrogen-bond acceptors (Lipinski definition) is 4. The summed E-state index contributed by atoms with van der Waals surface area (Å²) in [5, 5.41) is 13.1. The summed E-state index contributed by atoms with van der Waals surface area (Å²) in [5.74, 6) is -0.801. The Bertz CT molecular complexity index is 1040. The molecule has 2 aliphatic rings. The van der Waals surface area contributed by atoms with Gasteiger partial charge in [-0.05, 0) is 79.0 Å². The Morgan fingerprint density at radius 3 is 2.68 bits per heavy atom.